The number of hydrogen-bond acceptors (Lipinski definition) is 3. The van der Waals surface area contributed by atoms with Crippen molar-refractivity contribution in [1.29, 1.82) is 0 Å². The summed E-state index contributed by atoms with van der Waals surface area (Å²) in [6, 6.07) is 4.48. The summed E-state index contributed by atoms with van der Waals surface area (Å²) in [4.78, 5) is 6.80. The number of pyridine rings is 1. The van der Waals surface area contributed by atoms with E-state index in [1.54, 1.807) is 7.11 Å². The van der Waals surface area contributed by atoms with Gasteiger partial charge in [-0.3, -0.25) is 0 Å². The maximum atomic E-state index is 5.19. The maximum absolute atomic E-state index is 5.19. The SMILES string of the molecule is CCC(CC)N(CCOC)c1ncccc1Br. The average molecular weight is 301 g/mol. The third kappa shape index (κ3) is 3.96. The number of ether oxygens (including phenoxy) is 1. The minimum Gasteiger partial charge on any atom is -0.383 e. The van der Waals surface area contributed by atoms with Gasteiger partial charge in [0.05, 0.1) is 11.1 Å². The highest BCUT2D eigenvalue weighted by atomic mass is 79.9. The molecule has 1 aromatic heterocycles. The molecule has 0 saturated carbocycles. The average Bonchev–Trinajstić information content (AvgIpc) is 2.36. The molecule has 0 fully saturated rings. The summed E-state index contributed by atoms with van der Waals surface area (Å²) in [5.74, 6) is 1.01. The summed E-state index contributed by atoms with van der Waals surface area (Å²) in [7, 11) is 1.73. The third-order valence-electron chi connectivity index (χ3n) is 2.93. The molecule has 1 aromatic rings. The lowest BCUT2D eigenvalue weighted by molar-refractivity contribution is 0.202. The van der Waals surface area contributed by atoms with E-state index in [0.717, 1.165) is 36.3 Å². The third-order valence-corrected chi connectivity index (χ3v) is 3.55. The zero-order valence-corrected chi connectivity index (χ0v) is 12.4. The van der Waals surface area contributed by atoms with E-state index in [0.29, 0.717) is 6.04 Å². The number of nitrogens with zero attached hydrogens (tertiary/aromatic N) is 2. The number of methoxy groups -OCH3 is 1. The van der Waals surface area contributed by atoms with Gasteiger partial charge in [0.2, 0.25) is 0 Å². The Morgan fingerprint density at radius 3 is 2.65 bits per heavy atom. The molecule has 96 valence electrons. The standard InChI is InChI=1S/C13H21BrN2O/c1-4-11(5-2)16(9-10-17-3)13-12(14)7-6-8-15-13/h6-8,11H,4-5,9-10H2,1-3H3. The van der Waals surface area contributed by atoms with Crippen molar-refractivity contribution in [3.8, 4) is 0 Å². The van der Waals surface area contributed by atoms with E-state index in [1.165, 1.54) is 0 Å². The second-order valence-electron chi connectivity index (χ2n) is 3.97. The first-order valence-corrected chi connectivity index (χ1v) is 6.89. The van der Waals surface area contributed by atoms with Gasteiger partial charge in [-0.25, -0.2) is 4.98 Å². The zero-order valence-electron chi connectivity index (χ0n) is 10.8. The monoisotopic (exact) mass is 300 g/mol. The Morgan fingerprint density at radius 1 is 1.41 bits per heavy atom. The van der Waals surface area contributed by atoms with Crippen LogP contribution < -0.4 is 4.90 Å². The molecule has 0 unspecified atom stereocenters. The van der Waals surface area contributed by atoms with Gasteiger partial charge in [-0.15, -0.1) is 0 Å². The van der Waals surface area contributed by atoms with Crippen molar-refractivity contribution in [1.82, 2.24) is 4.98 Å². The van der Waals surface area contributed by atoms with Crippen LogP contribution in [0.5, 0.6) is 0 Å². The van der Waals surface area contributed by atoms with Crippen LogP contribution in [-0.2, 0) is 4.74 Å². The molecule has 0 spiro atoms. The van der Waals surface area contributed by atoms with Crippen LogP contribution in [0.25, 0.3) is 0 Å². The van der Waals surface area contributed by atoms with Crippen molar-refractivity contribution < 1.29 is 4.74 Å². The van der Waals surface area contributed by atoms with Crippen molar-refractivity contribution >= 4 is 21.7 Å². The molecule has 0 saturated heterocycles. The Bertz CT molecular complexity index is 329. The topological polar surface area (TPSA) is 25.4 Å². The van der Waals surface area contributed by atoms with E-state index in [4.69, 9.17) is 4.74 Å². The molecule has 0 amide bonds. The van der Waals surface area contributed by atoms with Crippen LogP contribution in [0.1, 0.15) is 26.7 Å². The van der Waals surface area contributed by atoms with E-state index < -0.39 is 0 Å². The minimum atomic E-state index is 0.511. The van der Waals surface area contributed by atoms with Crippen molar-refractivity contribution in [3.05, 3.63) is 22.8 Å². The van der Waals surface area contributed by atoms with E-state index in [1.807, 2.05) is 18.3 Å². The van der Waals surface area contributed by atoms with Crippen LogP contribution in [0.2, 0.25) is 0 Å². The number of anilines is 1. The fourth-order valence-corrected chi connectivity index (χ4v) is 2.45. The smallest absolute Gasteiger partial charge is 0.143 e. The normalized spacial score (nSPS) is 10.9. The Morgan fingerprint density at radius 2 is 2.12 bits per heavy atom. The molecule has 0 N–H and O–H groups in total. The minimum absolute atomic E-state index is 0.511. The lowest BCUT2D eigenvalue weighted by Gasteiger charge is -2.32. The summed E-state index contributed by atoms with van der Waals surface area (Å²) in [6.45, 7) is 6.02. The van der Waals surface area contributed by atoms with Crippen molar-refractivity contribution in [2.45, 2.75) is 32.7 Å². The molecule has 0 atom stereocenters. The van der Waals surface area contributed by atoms with E-state index in [9.17, 15) is 0 Å². The van der Waals surface area contributed by atoms with Crippen LogP contribution >= 0.6 is 15.9 Å². The molecule has 0 aliphatic rings. The summed E-state index contributed by atoms with van der Waals surface area (Å²) in [6.07, 6.45) is 4.06. The van der Waals surface area contributed by atoms with E-state index >= 15 is 0 Å². The summed E-state index contributed by atoms with van der Waals surface area (Å²) in [5.41, 5.74) is 0. The zero-order chi connectivity index (χ0) is 12.7. The van der Waals surface area contributed by atoms with Crippen LogP contribution in [0.4, 0.5) is 5.82 Å². The van der Waals surface area contributed by atoms with Gasteiger partial charge in [0, 0.05) is 25.9 Å². The predicted octanol–water partition coefficient (Wildman–Crippen LogP) is 3.49. The quantitative estimate of drug-likeness (QED) is 0.771. The Balaban J connectivity index is 2.92. The lowest BCUT2D eigenvalue weighted by atomic mass is 10.1. The molecule has 17 heavy (non-hydrogen) atoms. The summed E-state index contributed by atoms with van der Waals surface area (Å²) >= 11 is 3.57. The Labute approximate surface area is 112 Å². The van der Waals surface area contributed by atoms with Gasteiger partial charge in [-0.2, -0.15) is 0 Å². The molecule has 0 aromatic carbocycles. The van der Waals surface area contributed by atoms with Gasteiger partial charge >= 0.3 is 0 Å². The molecule has 0 radical (unpaired) electrons. The number of rotatable bonds is 7. The van der Waals surface area contributed by atoms with Gasteiger partial charge in [0.15, 0.2) is 0 Å². The van der Waals surface area contributed by atoms with Crippen LogP contribution in [0, 0.1) is 0 Å². The van der Waals surface area contributed by atoms with Crippen LogP contribution in [0.15, 0.2) is 22.8 Å². The second kappa shape index (κ2) is 7.67. The van der Waals surface area contributed by atoms with Gasteiger partial charge in [-0.1, -0.05) is 13.8 Å². The molecule has 1 heterocycles. The van der Waals surface area contributed by atoms with Gasteiger partial charge in [-0.05, 0) is 40.9 Å². The highest BCUT2D eigenvalue weighted by Gasteiger charge is 2.18. The van der Waals surface area contributed by atoms with Gasteiger partial charge in [0.1, 0.15) is 5.82 Å². The van der Waals surface area contributed by atoms with Crippen LogP contribution in [0.3, 0.4) is 0 Å². The molecule has 0 bridgehead atoms. The van der Waals surface area contributed by atoms with E-state index in [-0.39, 0.29) is 0 Å². The number of halogens is 1. The molecule has 1 rings (SSSR count). The molecular weight excluding hydrogens is 280 g/mol. The van der Waals surface area contributed by atoms with Crippen LogP contribution in [-0.4, -0.2) is 31.3 Å². The predicted molar refractivity (Wildman–Crippen MR) is 75.5 cm³/mol. The highest BCUT2D eigenvalue weighted by molar-refractivity contribution is 9.10. The molecule has 4 heteroatoms. The van der Waals surface area contributed by atoms with Gasteiger partial charge in [0.25, 0.3) is 0 Å². The molecular formula is C13H21BrN2O. The first-order chi connectivity index (χ1) is 8.24. The molecule has 0 aliphatic heterocycles. The van der Waals surface area contributed by atoms with Crippen molar-refractivity contribution in [2.75, 3.05) is 25.2 Å². The maximum Gasteiger partial charge on any atom is 0.143 e. The number of aromatic nitrogens is 1. The fourth-order valence-electron chi connectivity index (χ4n) is 1.97. The highest BCUT2D eigenvalue weighted by Crippen LogP contribution is 2.26. The van der Waals surface area contributed by atoms with Crippen molar-refractivity contribution in [2.24, 2.45) is 0 Å². The first kappa shape index (κ1) is 14.5. The fraction of sp³-hybridized carbons (Fsp3) is 0.615. The van der Waals surface area contributed by atoms with E-state index in [2.05, 4.69) is 39.7 Å². The lowest BCUT2D eigenvalue weighted by Crippen LogP contribution is -2.37. The first-order valence-electron chi connectivity index (χ1n) is 6.10. The second-order valence-corrected chi connectivity index (χ2v) is 4.82. The Hall–Kier alpha value is -0.610. The van der Waals surface area contributed by atoms with Crippen molar-refractivity contribution in [3.63, 3.8) is 0 Å². The summed E-state index contributed by atoms with van der Waals surface area (Å²) in [5, 5.41) is 0. The largest absolute Gasteiger partial charge is 0.383 e. The Kier molecular flexibility index (Phi) is 6.52. The number of hydrogen-bond donors (Lipinski definition) is 0. The summed E-state index contributed by atoms with van der Waals surface area (Å²) < 4.78 is 6.23. The molecule has 3 nitrogen and oxygen atoms in total. The van der Waals surface area contributed by atoms with Gasteiger partial charge < -0.3 is 9.64 Å². The molecule has 0 aliphatic carbocycles.